The summed E-state index contributed by atoms with van der Waals surface area (Å²) in [5.41, 5.74) is 1.39. The molecule has 0 unspecified atom stereocenters. The maximum absolute atomic E-state index is 5.36. The fraction of sp³-hybridized carbons (Fsp3) is 0.500. The Bertz CT molecular complexity index is 586. The second-order valence-corrected chi connectivity index (χ2v) is 7.16. The van der Waals surface area contributed by atoms with Crippen LogP contribution < -0.4 is 0 Å². The average Bonchev–Trinajstić information content (AvgIpc) is 3.16. The number of ether oxygens (including phenoxy) is 1. The molecule has 0 radical (unpaired) electrons. The number of methoxy groups -OCH3 is 1. The van der Waals surface area contributed by atoms with Crippen LogP contribution in [0.1, 0.15) is 37.6 Å². The summed E-state index contributed by atoms with van der Waals surface area (Å²) in [7, 11) is 1.76. The quantitative estimate of drug-likeness (QED) is 0.804. The Morgan fingerprint density at radius 3 is 2.95 bits per heavy atom. The minimum absolute atomic E-state index is 0.231. The van der Waals surface area contributed by atoms with E-state index in [0.29, 0.717) is 18.6 Å². The molecule has 0 amide bonds. The van der Waals surface area contributed by atoms with Crippen molar-refractivity contribution in [3.05, 3.63) is 46.3 Å². The summed E-state index contributed by atoms with van der Waals surface area (Å²) in [6, 6.07) is 4.87. The van der Waals surface area contributed by atoms with E-state index in [1.54, 1.807) is 7.11 Å². The van der Waals surface area contributed by atoms with E-state index in [2.05, 4.69) is 54.5 Å². The Balaban J connectivity index is 1.90. The Hall–Kier alpha value is -1.39. The third-order valence-electron chi connectivity index (χ3n) is 4.31. The number of amidine groups is 1. The number of hydrogen-bond acceptors (Lipinski definition) is 3. The number of rotatable bonds is 5. The van der Waals surface area contributed by atoms with Gasteiger partial charge in [0.05, 0.1) is 18.7 Å². The van der Waals surface area contributed by atoms with Crippen LogP contribution in [0, 0.1) is 5.92 Å². The maximum atomic E-state index is 5.36. The lowest BCUT2D eigenvalue weighted by atomic mass is 10.1. The molecule has 0 saturated carbocycles. The van der Waals surface area contributed by atoms with Gasteiger partial charge in [0.15, 0.2) is 0 Å². The van der Waals surface area contributed by atoms with Gasteiger partial charge in [-0.3, -0.25) is 4.99 Å². The Labute approximate surface area is 137 Å². The van der Waals surface area contributed by atoms with Crippen molar-refractivity contribution < 1.29 is 4.74 Å². The predicted molar refractivity (Wildman–Crippen MR) is 93.3 cm³/mol. The largest absolute Gasteiger partial charge is 0.382 e. The van der Waals surface area contributed by atoms with Gasteiger partial charge in [0.2, 0.25) is 0 Å². The van der Waals surface area contributed by atoms with Crippen molar-refractivity contribution in [2.75, 3.05) is 13.7 Å². The molecule has 2 aliphatic rings. The predicted octanol–water partition coefficient (Wildman–Crippen LogP) is 4.41. The fourth-order valence-electron chi connectivity index (χ4n) is 3.06. The number of hydrogen-bond donors (Lipinski definition) is 0. The zero-order valence-electron chi connectivity index (χ0n) is 13.5. The van der Waals surface area contributed by atoms with E-state index in [0.717, 1.165) is 12.8 Å². The molecule has 0 aliphatic carbocycles. The normalized spacial score (nSPS) is 24.0. The molecule has 0 aromatic carbocycles. The lowest BCUT2D eigenvalue weighted by molar-refractivity contribution is 0.164. The van der Waals surface area contributed by atoms with Crippen molar-refractivity contribution in [3.63, 3.8) is 0 Å². The third kappa shape index (κ3) is 3.03. The molecule has 3 rings (SSSR count). The topological polar surface area (TPSA) is 24.8 Å². The van der Waals surface area contributed by atoms with E-state index in [4.69, 9.17) is 9.73 Å². The van der Waals surface area contributed by atoms with Gasteiger partial charge in [0.1, 0.15) is 5.84 Å². The number of nitrogens with zero attached hydrogens (tertiary/aromatic N) is 2. The average molecular weight is 316 g/mol. The highest BCUT2D eigenvalue weighted by molar-refractivity contribution is 7.10. The van der Waals surface area contributed by atoms with Crippen LogP contribution in [0.5, 0.6) is 0 Å². The smallest absolute Gasteiger partial charge is 0.105 e. The zero-order chi connectivity index (χ0) is 15.5. The molecule has 2 atom stereocenters. The summed E-state index contributed by atoms with van der Waals surface area (Å²) >= 11 is 1.82. The summed E-state index contributed by atoms with van der Waals surface area (Å²) in [5.74, 6) is 1.70. The van der Waals surface area contributed by atoms with Crippen LogP contribution in [0.3, 0.4) is 0 Å². The number of allylic oxidation sites excluding steroid dienone is 3. The summed E-state index contributed by atoms with van der Waals surface area (Å²) < 4.78 is 5.36. The zero-order valence-corrected chi connectivity index (χ0v) is 14.3. The van der Waals surface area contributed by atoms with Crippen LogP contribution >= 0.6 is 11.3 Å². The van der Waals surface area contributed by atoms with Crippen LogP contribution in [0.25, 0.3) is 0 Å². The first-order valence-corrected chi connectivity index (χ1v) is 8.84. The molecule has 4 heteroatoms. The van der Waals surface area contributed by atoms with Crippen molar-refractivity contribution in [3.8, 4) is 0 Å². The molecule has 22 heavy (non-hydrogen) atoms. The second-order valence-electron chi connectivity index (χ2n) is 6.19. The van der Waals surface area contributed by atoms with E-state index >= 15 is 0 Å². The van der Waals surface area contributed by atoms with Gasteiger partial charge in [-0.1, -0.05) is 32.1 Å². The first kappa shape index (κ1) is 15.5. The van der Waals surface area contributed by atoms with E-state index < -0.39 is 0 Å². The first-order valence-electron chi connectivity index (χ1n) is 7.96. The molecule has 1 fully saturated rings. The number of thiophene rings is 1. The van der Waals surface area contributed by atoms with Crippen LogP contribution in [0.2, 0.25) is 0 Å². The van der Waals surface area contributed by atoms with Gasteiger partial charge in [-0.05, 0) is 29.9 Å². The van der Waals surface area contributed by atoms with E-state index in [1.165, 1.54) is 16.4 Å². The molecule has 1 aromatic heterocycles. The summed E-state index contributed by atoms with van der Waals surface area (Å²) in [6.45, 7) is 5.12. The van der Waals surface area contributed by atoms with Crippen LogP contribution in [-0.4, -0.2) is 30.5 Å². The molecule has 118 valence electrons. The highest BCUT2D eigenvalue weighted by Crippen LogP contribution is 2.38. The lowest BCUT2D eigenvalue weighted by Gasteiger charge is -2.31. The van der Waals surface area contributed by atoms with Crippen molar-refractivity contribution in [2.45, 2.75) is 38.8 Å². The molecule has 1 saturated heterocycles. The molecule has 0 spiro atoms. The summed E-state index contributed by atoms with van der Waals surface area (Å²) in [6.07, 6.45) is 8.81. The molecule has 1 aromatic rings. The summed E-state index contributed by atoms with van der Waals surface area (Å²) in [4.78, 5) is 8.86. The van der Waals surface area contributed by atoms with Gasteiger partial charge in [-0.25, -0.2) is 0 Å². The highest BCUT2D eigenvalue weighted by Gasteiger charge is 2.32. The Morgan fingerprint density at radius 1 is 1.41 bits per heavy atom. The molecule has 0 bridgehead atoms. The van der Waals surface area contributed by atoms with E-state index in [9.17, 15) is 0 Å². The van der Waals surface area contributed by atoms with Crippen LogP contribution in [0.15, 0.2) is 46.4 Å². The minimum atomic E-state index is 0.231. The van der Waals surface area contributed by atoms with Gasteiger partial charge in [-0.15, -0.1) is 11.3 Å². The fourth-order valence-corrected chi connectivity index (χ4v) is 3.85. The molecule has 2 aliphatic heterocycles. The lowest BCUT2D eigenvalue weighted by Crippen LogP contribution is -2.31. The van der Waals surface area contributed by atoms with E-state index in [-0.39, 0.29) is 6.04 Å². The van der Waals surface area contributed by atoms with Gasteiger partial charge >= 0.3 is 0 Å². The van der Waals surface area contributed by atoms with Gasteiger partial charge < -0.3 is 9.64 Å². The first-order chi connectivity index (χ1) is 10.7. The maximum Gasteiger partial charge on any atom is 0.105 e. The van der Waals surface area contributed by atoms with Crippen molar-refractivity contribution in [2.24, 2.45) is 10.9 Å². The second kappa shape index (κ2) is 6.80. The van der Waals surface area contributed by atoms with Gasteiger partial charge in [0.25, 0.3) is 0 Å². The Kier molecular flexibility index (Phi) is 4.79. The minimum Gasteiger partial charge on any atom is -0.382 e. The van der Waals surface area contributed by atoms with E-state index in [1.807, 2.05) is 11.3 Å². The van der Waals surface area contributed by atoms with Crippen molar-refractivity contribution >= 4 is 17.2 Å². The highest BCUT2D eigenvalue weighted by atomic mass is 32.1. The van der Waals surface area contributed by atoms with Crippen molar-refractivity contribution in [1.29, 1.82) is 0 Å². The molecular weight excluding hydrogens is 292 g/mol. The Morgan fingerprint density at radius 2 is 2.27 bits per heavy atom. The third-order valence-corrected chi connectivity index (χ3v) is 5.25. The number of fused-ring (bicyclic) bond motifs is 1. The van der Waals surface area contributed by atoms with Gasteiger partial charge in [-0.2, -0.15) is 0 Å². The molecular formula is C18H24N2OS. The standard InChI is InChI=1S/C18H24N2OS/c1-13(2)15(12-21-3)19-18-10-9-14-6-4-7-16(20(14)18)17-8-5-11-22-17/h4-8,11,13,15-16H,9-10,12H2,1-3H3/t15-,16+/m1/s1. The van der Waals surface area contributed by atoms with Gasteiger partial charge in [0, 0.05) is 24.1 Å². The monoisotopic (exact) mass is 316 g/mol. The number of aliphatic imine (C=N–C) groups is 1. The van der Waals surface area contributed by atoms with Crippen molar-refractivity contribution in [1.82, 2.24) is 4.90 Å². The SMILES string of the molecule is COC[C@@H](N=C1CCC2=CC=C[C@@H](c3cccs3)N21)C(C)C. The molecule has 3 heterocycles. The molecule has 3 nitrogen and oxygen atoms in total. The van der Waals surface area contributed by atoms with Crippen LogP contribution in [0.4, 0.5) is 0 Å². The molecule has 0 N–H and O–H groups in total. The van der Waals surface area contributed by atoms with Crippen LogP contribution in [-0.2, 0) is 4.74 Å². The summed E-state index contributed by atoms with van der Waals surface area (Å²) in [5, 5.41) is 2.15.